The second kappa shape index (κ2) is 5.48. The number of carbonyl (C=O) groups is 1. The number of benzene rings is 1. The summed E-state index contributed by atoms with van der Waals surface area (Å²) in [6.45, 7) is 5.12. The Bertz CT molecular complexity index is 519. The maximum absolute atomic E-state index is 13.6. The van der Waals surface area contributed by atoms with Crippen LogP contribution in [0.3, 0.4) is 0 Å². The number of carboxylic acid groups (broad SMARTS) is 1. The third kappa shape index (κ3) is 2.68. The van der Waals surface area contributed by atoms with Gasteiger partial charge in [0, 0.05) is 24.7 Å². The van der Waals surface area contributed by atoms with Crippen LogP contribution in [0.2, 0.25) is 0 Å². The summed E-state index contributed by atoms with van der Waals surface area (Å²) in [6.07, 6.45) is 0.558. The van der Waals surface area contributed by atoms with Crippen LogP contribution in [-0.2, 0) is 11.3 Å². The van der Waals surface area contributed by atoms with Crippen molar-refractivity contribution in [3.8, 4) is 0 Å². The van der Waals surface area contributed by atoms with E-state index < -0.39 is 23.0 Å². The van der Waals surface area contributed by atoms with Crippen molar-refractivity contribution in [1.29, 1.82) is 0 Å². The molecule has 2 rings (SSSR count). The number of rotatable bonds is 4. The van der Waals surface area contributed by atoms with Gasteiger partial charge >= 0.3 is 5.97 Å². The summed E-state index contributed by atoms with van der Waals surface area (Å²) in [6, 6.07) is 3.50. The van der Waals surface area contributed by atoms with Gasteiger partial charge in [0.15, 0.2) is 0 Å². The molecule has 20 heavy (non-hydrogen) atoms. The van der Waals surface area contributed by atoms with Crippen molar-refractivity contribution in [2.45, 2.75) is 26.8 Å². The largest absolute Gasteiger partial charge is 0.481 e. The number of halogens is 2. The Kier molecular flexibility index (Phi) is 4.09. The van der Waals surface area contributed by atoms with E-state index in [9.17, 15) is 18.7 Å². The van der Waals surface area contributed by atoms with Crippen molar-refractivity contribution in [2.24, 2.45) is 11.3 Å². The van der Waals surface area contributed by atoms with Gasteiger partial charge < -0.3 is 5.11 Å². The first-order valence-corrected chi connectivity index (χ1v) is 6.75. The second-order valence-electron chi connectivity index (χ2n) is 5.81. The molecule has 0 aliphatic carbocycles. The van der Waals surface area contributed by atoms with Gasteiger partial charge in [-0.2, -0.15) is 0 Å². The molecule has 0 spiro atoms. The molecule has 1 N–H and O–H groups in total. The molecule has 0 radical (unpaired) electrons. The summed E-state index contributed by atoms with van der Waals surface area (Å²) in [5, 5.41) is 9.46. The summed E-state index contributed by atoms with van der Waals surface area (Å²) in [5.41, 5.74) is -0.368. The van der Waals surface area contributed by atoms with E-state index in [0.29, 0.717) is 31.6 Å². The number of aliphatic carboxylic acids is 1. The minimum atomic E-state index is -0.797. The van der Waals surface area contributed by atoms with Gasteiger partial charge in [-0.25, -0.2) is 8.78 Å². The molecule has 1 saturated heterocycles. The minimum absolute atomic E-state index is 0.0167. The number of carboxylic acids is 1. The van der Waals surface area contributed by atoms with Gasteiger partial charge in [0.05, 0.1) is 5.41 Å². The van der Waals surface area contributed by atoms with Crippen LogP contribution >= 0.6 is 0 Å². The molecule has 1 aromatic rings. The Morgan fingerprint density at radius 3 is 2.65 bits per heavy atom. The van der Waals surface area contributed by atoms with Crippen molar-refractivity contribution in [3.63, 3.8) is 0 Å². The van der Waals surface area contributed by atoms with Crippen molar-refractivity contribution in [1.82, 2.24) is 4.90 Å². The van der Waals surface area contributed by atoms with Gasteiger partial charge in [-0.3, -0.25) is 9.69 Å². The lowest BCUT2D eigenvalue weighted by atomic mass is 9.76. The lowest BCUT2D eigenvalue weighted by Crippen LogP contribution is -2.39. The summed E-state index contributed by atoms with van der Waals surface area (Å²) in [4.78, 5) is 13.4. The molecular formula is C15H19F2NO2. The SMILES string of the molecule is CC(C)C1(C(=O)O)CCN(Cc2ccc(F)cc2F)C1. The molecule has 5 heteroatoms. The van der Waals surface area contributed by atoms with Gasteiger partial charge in [0.2, 0.25) is 0 Å². The van der Waals surface area contributed by atoms with E-state index in [0.717, 1.165) is 6.07 Å². The zero-order valence-corrected chi connectivity index (χ0v) is 11.7. The van der Waals surface area contributed by atoms with Crippen LogP contribution in [-0.4, -0.2) is 29.1 Å². The van der Waals surface area contributed by atoms with Crippen LogP contribution in [0, 0.1) is 23.0 Å². The van der Waals surface area contributed by atoms with E-state index in [1.54, 1.807) is 0 Å². The Hall–Kier alpha value is -1.49. The van der Waals surface area contributed by atoms with Gasteiger partial charge in [-0.15, -0.1) is 0 Å². The quantitative estimate of drug-likeness (QED) is 0.923. The van der Waals surface area contributed by atoms with Crippen molar-refractivity contribution in [3.05, 3.63) is 35.4 Å². The van der Waals surface area contributed by atoms with Gasteiger partial charge in [-0.1, -0.05) is 19.9 Å². The Balaban J connectivity index is 2.11. The average molecular weight is 283 g/mol. The van der Waals surface area contributed by atoms with Crippen molar-refractivity contribution >= 4 is 5.97 Å². The first kappa shape index (κ1) is 14.9. The van der Waals surface area contributed by atoms with E-state index in [-0.39, 0.29) is 5.92 Å². The molecule has 1 heterocycles. The Labute approximate surface area is 117 Å². The summed E-state index contributed by atoms with van der Waals surface area (Å²) < 4.78 is 26.5. The van der Waals surface area contributed by atoms with E-state index in [4.69, 9.17) is 0 Å². The molecule has 0 saturated carbocycles. The number of likely N-dealkylation sites (tertiary alicyclic amines) is 1. The van der Waals surface area contributed by atoms with Crippen molar-refractivity contribution < 1.29 is 18.7 Å². The fourth-order valence-electron chi connectivity index (χ4n) is 2.83. The first-order chi connectivity index (χ1) is 9.35. The standard InChI is InChI=1S/C15H19F2NO2/c1-10(2)15(14(19)20)5-6-18(9-15)8-11-3-4-12(16)7-13(11)17/h3-4,7,10H,5-6,8-9H2,1-2H3,(H,19,20). The highest BCUT2D eigenvalue weighted by Crippen LogP contribution is 2.38. The zero-order valence-electron chi connectivity index (χ0n) is 11.7. The van der Waals surface area contributed by atoms with E-state index in [1.165, 1.54) is 12.1 Å². The van der Waals surface area contributed by atoms with Crippen LogP contribution in [0.15, 0.2) is 18.2 Å². The van der Waals surface area contributed by atoms with Crippen LogP contribution < -0.4 is 0 Å². The highest BCUT2D eigenvalue weighted by Gasteiger charge is 2.47. The summed E-state index contributed by atoms with van der Waals surface area (Å²) >= 11 is 0. The van der Waals surface area contributed by atoms with Gasteiger partial charge in [-0.05, 0) is 24.9 Å². The molecule has 1 unspecified atom stereocenters. The van der Waals surface area contributed by atoms with E-state index in [2.05, 4.69) is 0 Å². The Morgan fingerprint density at radius 1 is 1.45 bits per heavy atom. The monoisotopic (exact) mass is 283 g/mol. The number of nitrogens with zero attached hydrogens (tertiary/aromatic N) is 1. The maximum Gasteiger partial charge on any atom is 0.311 e. The number of hydrogen-bond acceptors (Lipinski definition) is 2. The highest BCUT2D eigenvalue weighted by molar-refractivity contribution is 5.75. The first-order valence-electron chi connectivity index (χ1n) is 6.75. The van der Waals surface area contributed by atoms with Crippen LogP contribution in [0.25, 0.3) is 0 Å². The second-order valence-corrected chi connectivity index (χ2v) is 5.81. The molecule has 1 aliphatic heterocycles. The van der Waals surface area contributed by atoms with Crippen molar-refractivity contribution in [2.75, 3.05) is 13.1 Å². The smallest absolute Gasteiger partial charge is 0.311 e. The summed E-state index contributed by atoms with van der Waals surface area (Å²) in [7, 11) is 0. The maximum atomic E-state index is 13.6. The Morgan fingerprint density at radius 2 is 2.15 bits per heavy atom. The topological polar surface area (TPSA) is 40.5 Å². The van der Waals surface area contributed by atoms with Crippen LogP contribution in [0.1, 0.15) is 25.8 Å². The fraction of sp³-hybridized carbons (Fsp3) is 0.533. The molecule has 0 amide bonds. The van der Waals surface area contributed by atoms with E-state index >= 15 is 0 Å². The lowest BCUT2D eigenvalue weighted by Gasteiger charge is -2.28. The predicted molar refractivity (Wildman–Crippen MR) is 71.2 cm³/mol. The zero-order chi connectivity index (χ0) is 14.9. The van der Waals surface area contributed by atoms with Gasteiger partial charge in [0.25, 0.3) is 0 Å². The molecule has 1 atom stereocenters. The fourth-order valence-corrected chi connectivity index (χ4v) is 2.83. The minimum Gasteiger partial charge on any atom is -0.481 e. The predicted octanol–water partition coefficient (Wildman–Crippen LogP) is 2.90. The normalized spacial score (nSPS) is 23.4. The molecule has 1 aromatic carbocycles. The van der Waals surface area contributed by atoms with Gasteiger partial charge in [0.1, 0.15) is 11.6 Å². The molecule has 0 bridgehead atoms. The molecule has 1 aliphatic rings. The third-order valence-corrected chi connectivity index (χ3v) is 4.32. The summed E-state index contributed by atoms with van der Waals surface area (Å²) in [5.74, 6) is -1.96. The third-order valence-electron chi connectivity index (χ3n) is 4.32. The molecular weight excluding hydrogens is 264 g/mol. The molecule has 110 valence electrons. The molecule has 0 aromatic heterocycles. The highest BCUT2D eigenvalue weighted by atomic mass is 19.1. The van der Waals surface area contributed by atoms with Crippen LogP contribution in [0.5, 0.6) is 0 Å². The molecule has 3 nitrogen and oxygen atoms in total. The number of hydrogen-bond donors (Lipinski definition) is 1. The van der Waals surface area contributed by atoms with E-state index in [1.807, 2.05) is 18.7 Å². The average Bonchev–Trinajstić information content (AvgIpc) is 2.78. The van der Waals surface area contributed by atoms with Crippen LogP contribution in [0.4, 0.5) is 8.78 Å². The lowest BCUT2D eigenvalue weighted by molar-refractivity contribution is -0.151. The molecule has 1 fully saturated rings.